The van der Waals surface area contributed by atoms with Crippen molar-refractivity contribution in [3.05, 3.63) is 63.6 Å². The molecule has 2 aromatic rings. The second-order valence-electron chi connectivity index (χ2n) is 5.85. The molecule has 2 N–H and O–H groups in total. The van der Waals surface area contributed by atoms with Gasteiger partial charge in [0.15, 0.2) is 6.10 Å². The molecule has 5 nitrogen and oxygen atoms in total. The Kier molecular flexibility index (Phi) is 6.58. The molecule has 0 fully saturated rings. The zero-order valence-corrected chi connectivity index (χ0v) is 16.0. The monoisotopic (exact) mass is 404 g/mol. The van der Waals surface area contributed by atoms with Crippen LogP contribution in [0.15, 0.2) is 46.9 Å². The molecule has 2 amide bonds. The van der Waals surface area contributed by atoms with E-state index in [0.29, 0.717) is 5.75 Å². The van der Waals surface area contributed by atoms with E-state index in [1.54, 1.807) is 19.1 Å². The van der Waals surface area contributed by atoms with Crippen LogP contribution in [-0.4, -0.2) is 17.9 Å². The Bertz CT molecular complexity index is 777. The molecule has 132 valence electrons. The number of hydrogen-bond acceptors (Lipinski definition) is 3. The number of amides is 2. The van der Waals surface area contributed by atoms with Gasteiger partial charge in [-0.2, -0.15) is 0 Å². The van der Waals surface area contributed by atoms with Crippen LogP contribution >= 0.6 is 15.9 Å². The van der Waals surface area contributed by atoms with Crippen molar-refractivity contribution in [3.63, 3.8) is 0 Å². The van der Waals surface area contributed by atoms with Gasteiger partial charge >= 0.3 is 0 Å². The average molecular weight is 405 g/mol. The molecule has 0 heterocycles. The van der Waals surface area contributed by atoms with E-state index >= 15 is 0 Å². The van der Waals surface area contributed by atoms with Crippen molar-refractivity contribution in [2.24, 2.45) is 0 Å². The summed E-state index contributed by atoms with van der Waals surface area (Å²) in [4.78, 5) is 24.0. The summed E-state index contributed by atoms with van der Waals surface area (Å²) in [7, 11) is 0. The molecule has 2 aromatic carbocycles. The summed E-state index contributed by atoms with van der Waals surface area (Å²) in [6, 6.07) is 13.1. The summed E-state index contributed by atoms with van der Waals surface area (Å²) in [5.74, 6) is -0.141. The Labute approximate surface area is 155 Å². The molecule has 1 atom stereocenters. The van der Waals surface area contributed by atoms with Crippen LogP contribution in [0.1, 0.15) is 23.6 Å². The average Bonchev–Trinajstić information content (AvgIpc) is 2.56. The molecule has 0 radical (unpaired) electrons. The van der Waals surface area contributed by atoms with Crippen LogP contribution in [0.5, 0.6) is 5.75 Å². The first kappa shape index (κ1) is 19.0. The Morgan fingerprint density at radius 2 is 1.84 bits per heavy atom. The smallest absolute Gasteiger partial charge is 0.279 e. The number of carbonyl (C=O) groups is 2. The Balaban J connectivity index is 1.82. The third-order valence-corrected chi connectivity index (χ3v) is 4.23. The van der Waals surface area contributed by atoms with E-state index in [-0.39, 0.29) is 12.3 Å². The number of aryl methyl sites for hydroxylation is 2. The summed E-state index contributed by atoms with van der Waals surface area (Å²) in [5.41, 5.74) is 8.01. The number of hydrazine groups is 1. The molecule has 0 aliphatic rings. The van der Waals surface area contributed by atoms with Crippen molar-refractivity contribution in [3.8, 4) is 5.75 Å². The van der Waals surface area contributed by atoms with Gasteiger partial charge in [0.25, 0.3) is 5.91 Å². The topological polar surface area (TPSA) is 67.4 Å². The van der Waals surface area contributed by atoms with Crippen LogP contribution in [0.3, 0.4) is 0 Å². The summed E-state index contributed by atoms with van der Waals surface area (Å²) < 4.78 is 6.40. The Hall–Kier alpha value is -2.34. The number of carbonyl (C=O) groups excluding carboxylic acids is 2. The van der Waals surface area contributed by atoms with Crippen LogP contribution in [0.2, 0.25) is 0 Å². The van der Waals surface area contributed by atoms with Crippen LogP contribution in [0.25, 0.3) is 0 Å². The van der Waals surface area contributed by atoms with E-state index in [1.165, 1.54) is 5.56 Å². The number of ether oxygens (including phenoxy) is 1. The van der Waals surface area contributed by atoms with Crippen molar-refractivity contribution < 1.29 is 14.3 Å². The van der Waals surface area contributed by atoms with Crippen LogP contribution in [0, 0.1) is 13.8 Å². The lowest BCUT2D eigenvalue weighted by Crippen LogP contribution is -2.47. The molecule has 0 bridgehead atoms. The second kappa shape index (κ2) is 8.67. The Morgan fingerprint density at radius 3 is 2.52 bits per heavy atom. The lowest BCUT2D eigenvalue weighted by atomic mass is 10.0. The van der Waals surface area contributed by atoms with E-state index < -0.39 is 12.0 Å². The minimum atomic E-state index is -0.740. The first-order valence-corrected chi connectivity index (χ1v) is 8.71. The number of nitrogens with one attached hydrogen (secondary N) is 2. The fraction of sp³-hybridized carbons (Fsp3) is 0.263. The van der Waals surface area contributed by atoms with E-state index in [4.69, 9.17) is 4.74 Å². The Morgan fingerprint density at radius 1 is 1.08 bits per heavy atom. The zero-order valence-electron chi connectivity index (χ0n) is 14.4. The predicted octanol–water partition coefficient (Wildman–Crippen LogP) is 3.22. The van der Waals surface area contributed by atoms with Crippen molar-refractivity contribution in [1.29, 1.82) is 0 Å². The van der Waals surface area contributed by atoms with Crippen molar-refractivity contribution >= 4 is 27.7 Å². The molecule has 25 heavy (non-hydrogen) atoms. The molecule has 2 rings (SSSR count). The van der Waals surface area contributed by atoms with Crippen LogP contribution < -0.4 is 15.6 Å². The molecule has 0 aliphatic heterocycles. The minimum absolute atomic E-state index is 0.197. The zero-order chi connectivity index (χ0) is 18.4. The molecule has 0 spiro atoms. The quantitative estimate of drug-likeness (QED) is 0.751. The molecular weight excluding hydrogens is 384 g/mol. The third-order valence-electron chi connectivity index (χ3n) is 3.74. The molecule has 0 saturated heterocycles. The van der Waals surface area contributed by atoms with Crippen molar-refractivity contribution in [2.45, 2.75) is 33.3 Å². The summed E-state index contributed by atoms with van der Waals surface area (Å²) >= 11 is 3.34. The maximum Gasteiger partial charge on any atom is 0.279 e. The fourth-order valence-electron chi connectivity index (χ4n) is 2.17. The van der Waals surface area contributed by atoms with Gasteiger partial charge in [0.2, 0.25) is 5.91 Å². The van der Waals surface area contributed by atoms with Crippen molar-refractivity contribution in [2.75, 3.05) is 0 Å². The molecular formula is C19H21BrN2O3. The summed E-state index contributed by atoms with van der Waals surface area (Å²) in [5, 5.41) is 0. The van der Waals surface area contributed by atoms with Gasteiger partial charge in [0.1, 0.15) is 5.75 Å². The summed E-state index contributed by atoms with van der Waals surface area (Å²) in [6.07, 6.45) is -0.543. The first-order chi connectivity index (χ1) is 11.8. The third kappa shape index (κ3) is 5.90. The largest absolute Gasteiger partial charge is 0.481 e. The van der Waals surface area contributed by atoms with Crippen LogP contribution in [0.4, 0.5) is 0 Å². The van der Waals surface area contributed by atoms with Gasteiger partial charge in [-0.25, -0.2) is 0 Å². The van der Waals surface area contributed by atoms with E-state index in [9.17, 15) is 9.59 Å². The fourth-order valence-corrected chi connectivity index (χ4v) is 2.55. The maximum absolute atomic E-state index is 12.0. The van der Waals surface area contributed by atoms with E-state index in [2.05, 4.69) is 26.8 Å². The van der Waals surface area contributed by atoms with Gasteiger partial charge < -0.3 is 4.74 Å². The molecule has 0 aliphatic carbocycles. The maximum atomic E-state index is 12.0. The van der Waals surface area contributed by atoms with Crippen LogP contribution in [-0.2, 0) is 16.0 Å². The number of rotatable bonds is 5. The lowest BCUT2D eigenvalue weighted by Gasteiger charge is -2.15. The highest BCUT2D eigenvalue weighted by molar-refractivity contribution is 9.10. The first-order valence-electron chi connectivity index (χ1n) is 7.92. The SMILES string of the molecule is Cc1ccc(CC(=O)NNC(=O)[C@H](C)Oc2cccc(Br)c2)cc1C. The number of halogens is 1. The highest BCUT2D eigenvalue weighted by atomic mass is 79.9. The summed E-state index contributed by atoms with van der Waals surface area (Å²) in [6.45, 7) is 5.64. The van der Waals surface area contributed by atoms with Gasteiger partial charge in [0.05, 0.1) is 6.42 Å². The standard InChI is InChI=1S/C19H21BrN2O3/c1-12-7-8-15(9-13(12)2)10-18(23)21-22-19(24)14(3)25-17-6-4-5-16(20)11-17/h4-9,11,14H,10H2,1-3H3,(H,21,23)(H,22,24)/t14-/m0/s1. The predicted molar refractivity (Wildman–Crippen MR) is 100 cm³/mol. The van der Waals surface area contributed by atoms with Gasteiger partial charge in [-0.3, -0.25) is 20.4 Å². The van der Waals surface area contributed by atoms with Crippen molar-refractivity contribution in [1.82, 2.24) is 10.9 Å². The minimum Gasteiger partial charge on any atom is -0.481 e. The molecule has 0 unspecified atom stereocenters. The van der Waals surface area contributed by atoms with Gasteiger partial charge in [-0.1, -0.05) is 40.2 Å². The number of benzene rings is 2. The molecule has 6 heteroatoms. The van der Waals surface area contributed by atoms with E-state index in [0.717, 1.165) is 15.6 Å². The van der Waals surface area contributed by atoms with Gasteiger partial charge in [-0.05, 0) is 55.7 Å². The second-order valence-corrected chi connectivity index (χ2v) is 6.77. The lowest BCUT2D eigenvalue weighted by molar-refractivity contribution is -0.132. The van der Waals surface area contributed by atoms with E-state index in [1.807, 2.05) is 44.2 Å². The van der Waals surface area contributed by atoms with Gasteiger partial charge in [0, 0.05) is 4.47 Å². The molecule has 0 saturated carbocycles. The van der Waals surface area contributed by atoms with Gasteiger partial charge in [-0.15, -0.1) is 0 Å². The highest BCUT2D eigenvalue weighted by Crippen LogP contribution is 2.18. The number of hydrogen-bond donors (Lipinski definition) is 2. The highest BCUT2D eigenvalue weighted by Gasteiger charge is 2.15. The molecule has 0 aromatic heterocycles. The normalized spacial score (nSPS) is 11.5.